The molecule has 0 radical (unpaired) electrons. The summed E-state index contributed by atoms with van der Waals surface area (Å²) in [5.74, 6) is 0.240. The van der Waals surface area contributed by atoms with Crippen molar-refractivity contribution in [3.05, 3.63) is 34.2 Å². The zero-order valence-corrected chi connectivity index (χ0v) is 11.4. The molecule has 0 saturated carbocycles. The van der Waals surface area contributed by atoms with Crippen molar-refractivity contribution < 1.29 is 9.13 Å². The largest absolute Gasteiger partial charge is 0.496 e. The predicted octanol–water partition coefficient (Wildman–Crippen LogP) is 2.49. The van der Waals surface area contributed by atoms with Crippen molar-refractivity contribution in [3.8, 4) is 17.0 Å². The molecule has 0 fully saturated rings. The van der Waals surface area contributed by atoms with Gasteiger partial charge in [-0.05, 0) is 40.7 Å². The fraction of sp³-hybridized carbons (Fsp3) is 0.250. The summed E-state index contributed by atoms with van der Waals surface area (Å²) in [4.78, 5) is 0. The Balaban J connectivity index is 2.51. The Hall–Kier alpha value is -1.40. The molecular weight excluding hydrogens is 301 g/mol. The van der Waals surface area contributed by atoms with Crippen molar-refractivity contribution in [1.29, 1.82) is 0 Å². The van der Waals surface area contributed by atoms with Crippen LogP contribution >= 0.6 is 15.9 Å². The number of nitrogens with zero attached hydrogens (tertiary/aromatic N) is 1. The third-order valence-corrected chi connectivity index (χ3v) is 3.44. The van der Waals surface area contributed by atoms with E-state index in [4.69, 9.17) is 10.5 Å². The van der Waals surface area contributed by atoms with Crippen LogP contribution in [0.25, 0.3) is 11.3 Å². The topological polar surface area (TPSA) is 63.9 Å². The molecule has 3 N–H and O–H groups in total. The average molecular weight is 314 g/mol. The summed E-state index contributed by atoms with van der Waals surface area (Å²) in [7, 11) is 1.54. The third-order valence-electron chi connectivity index (χ3n) is 2.59. The number of methoxy groups -OCH3 is 1. The number of aromatic nitrogens is 2. The van der Waals surface area contributed by atoms with Gasteiger partial charge in [-0.1, -0.05) is 0 Å². The van der Waals surface area contributed by atoms with Gasteiger partial charge in [-0.2, -0.15) is 5.10 Å². The molecular formula is C12H13BrFN3O. The van der Waals surface area contributed by atoms with Crippen LogP contribution in [-0.4, -0.2) is 23.9 Å². The van der Waals surface area contributed by atoms with Crippen molar-refractivity contribution in [2.75, 3.05) is 13.7 Å². The minimum atomic E-state index is -0.332. The average Bonchev–Trinajstić information content (AvgIpc) is 2.72. The standard InChI is InChI=1S/C12H13BrFN3O/c1-18-10-3-2-7(14)6-8(10)12-11(13)9(4-5-15)16-17-12/h2-3,6H,4-5,15H2,1H3,(H,16,17). The summed E-state index contributed by atoms with van der Waals surface area (Å²) < 4.78 is 19.3. The van der Waals surface area contributed by atoms with Gasteiger partial charge in [0.05, 0.1) is 17.3 Å². The number of hydrogen-bond donors (Lipinski definition) is 2. The number of halogens is 2. The van der Waals surface area contributed by atoms with Gasteiger partial charge in [0.25, 0.3) is 0 Å². The second-order valence-corrected chi connectivity index (χ2v) is 4.54. The van der Waals surface area contributed by atoms with E-state index < -0.39 is 0 Å². The van der Waals surface area contributed by atoms with Crippen LogP contribution < -0.4 is 10.5 Å². The highest BCUT2D eigenvalue weighted by atomic mass is 79.9. The first-order valence-corrected chi connectivity index (χ1v) is 6.23. The van der Waals surface area contributed by atoms with Crippen LogP contribution in [0.4, 0.5) is 4.39 Å². The van der Waals surface area contributed by atoms with Gasteiger partial charge in [0.15, 0.2) is 0 Å². The van der Waals surface area contributed by atoms with Crippen molar-refractivity contribution in [2.45, 2.75) is 6.42 Å². The second kappa shape index (κ2) is 5.49. The van der Waals surface area contributed by atoms with Crippen LogP contribution in [0.1, 0.15) is 5.69 Å². The Morgan fingerprint density at radius 3 is 2.94 bits per heavy atom. The Morgan fingerprint density at radius 1 is 1.50 bits per heavy atom. The molecule has 4 nitrogen and oxygen atoms in total. The van der Waals surface area contributed by atoms with Crippen molar-refractivity contribution in [1.82, 2.24) is 10.2 Å². The van der Waals surface area contributed by atoms with Crippen LogP contribution in [0, 0.1) is 5.82 Å². The summed E-state index contributed by atoms with van der Waals surface area (Å²) in [5.41, 5.74) is 7.61. The maximum absolute atomic E-state index is 13.3. The maximum Gasteiger partial charge on any atom is 0.128 e. The van der Waals surface area contributed by atoms with Crippen molar-refractivity contribution in [2.24, 2.45) is 5.73 Å². The lowest BCUT2D eigenvalue weighted by atomic mass is 10.1. The maximum atomic E-state index is 13.3. The molecule has 0 saturated heterocycles. The third kappa shape index (κ3) is 2.39. The molecule has 0 amide bonds. The summed E-state index contributed by atoms with van der Waals surface area (Å²) in [5, 5.41) is 7.07. The fourth-order valence-corrected chi connectivity index (χ4v) is 2.31. The number of nitrogens with two attached hydrogens (primary N) is 1. The molecule has 0 unspecified atom stereocenters. The molecule has 0 bridgehead atoms. The SMILES string of the molecule is COc1ccc(F)cc1-c1n[nH]c(CCN)c1Br. The number of H-pyrrole nitrogens is 1. The smallest absolute Gasteiger partial charge is 0.128 e. The highest BCUT2D eigenvalue weighted by Gasteiger charge is 2.16. The van der Waals surface area contributed by atoms with E-state index in [2.05, 4.69) is 26.1 Å². The molecule has 1 aromatic heterocycles. The number of rotatable bonds is 4. The van der Waals surface area contributed by atoms with E-state index in [1.54, 1.807) is 6.07 Å². The molecule has 2 rings (SSSR count). The molecule has 0 spiro atoms. The first kappa shape index (κ1) is 13.0. The normalized spacial score (nSPS) is 10.7. The monoisotopic (exact) mass is 313 g/mol. The van der Waals surface area contributed by atoms with Gasteiger partial charge in [0.1, 0.15) is 17.3 Å². The Labute approximate surface area is 112 Å². The van der Waals surface area contributed by atoms with E-state index >= 15 is 0 Å². The van der Waals surface area contributed by atoms with Crippen LogP contribution in [0.2, 0.25) is 0 Å². The molecule has 2 aromatic rings. The van der Waals surface area contributed by atoms with Crippen LogP contribution in [0.3, 0.4) is 0 Å². The van der Waals surface area contributed by atoms with Gasteiger partial charge in [-0.3, -0.25) is 5.10 Å². The molecule has 0 aliphatic heterocycles. The molecule has 0 aliphatic carbocycles. The van der Waals surface area contributed by atoms with Gasteiger partial charge >= 0.3 is 0 Å². The minimum absolute atomic E-state index is 0.332. The fourth-order valence-electron chi connectivity index (χ4n) is 1.72. The summed E-state index contributed by atoms with van der Waals surface area (Å²) in [6.07, 6.45) is 0.672. The van der Waals surface area contributed by atoms with Crippen LogP contribution in [-0.2, 0) is 6.42 Å². The molecule has 0 atom stereocenters. The van der Waals surface area contributed by atoms with Gasteiger partial charge in [0, 0.05) is 12.0 Å². The lowest BCUT2D eigenvalue weighted by Crippen LogP contribution is -2.03. The lowest BCUT2D eigenvalue weighted by Gasteiger charge is -2.06. The minimum Gasteiger partial charge on any atom is -0.496 e. The first-order chi connectivity index (χ1) is 8.67. The van der Waals surface area contributed by atoms with Gasteiger partial charge in [-0.25, -0.2) is 4.39 Å². The predicted molar refractivity (Wildman–Crippen MR) is 71.0 cm³/mol. The van der Waals surface area contributed by atoms with E-state index in [-0.39, 0.29) is 5.82 Å². The zero-order valence-electron chi connectivity index (χ0n) is 9.84. The Kier molecular flexibility index (Phi) is 3.98. The van der Waals surface area contributed by atoms with E-state index in [1.165, 1.54) is 19.2 Å². The van der Waals surface area contributed by atoms with Gasteiger partial charge < -0.3 is 10.5 Å². The summed E-state index contributed by atoms with van der Waals surface area (Å²) in [6, 6.07) is 4.32. The van der Waals surface area contributed by atoms with E-state index in [9.17, 15) is 4.39 Å². The van der Waals surface area contributed by atoms with Gasteiger partial charge in [0.2, 0.25) is 0 Å². The molecule has 1 heterocycles. The Morgan fingerprint density at radius 2 is 2.28 bits per heavy atom. The van der Waals surface area contributed by atoms with E-state index in [0.717, 1.165) is 10.2 Å². The summed E-state index contributed by atoms with van der Waals surface area (Å²) >= 11 is 3.45. The van der Waals surface area contributed by atoms with E-state index in [0.29, 0.717) is 30.0 Å². The number of hydrogen-bond acceptors (Lipinski definition) is 3. The Bertz CT molecular complexity index is 556. The van der Waals surface area contributed by atoms with Gasteiger partial charge in [-0.15, -0.1) is 0 Å². The lowest BCUT2D eigenvalue weighted by molar-refractivity contribution is 0.415. The number of ether oxygens (including phenoxy) is 1. The quantitative estimate of drug-likeness (QED) is 0.911. The van der Waals surface area contributed by atoms with Crippen LogP contribution in [0.15, 0.2) is 22.7 Å². The number of benzene rings is 1. The zero-order chi connectivity index (χ0) is 13.1. The van der Waals surface area contributed by atoms with Crippen molar-refractivity contribution in [3.63, 3.8) is 0 Å². The second-order valence-electron chi connectivity index (χ2n) is 3.75. The first-order valence-electron chi connectivity index (χ1n) is 5.44. The van der Waals surface area contributed by atoms with E-state index in [1.807, 2.05) is 0 Å². The molecule has 0 aliphatic rings. The summed E-state index contributed by atoms with van der Waals surface area (Å²) in [6.45, 7) is 0.514. The van der Waals surface area contributed by atoms with Crippen LogP contribution in [0.5, 0.6) is 5.75 Å². The molecule has 96 valence electrons. The van der Waals surface area contributed by atoms with Crippen molar-refractivity contribution >= 4 is 15.9 Å². The number of nitrogens with one attached hydrogen (secondary N) is 1. The molecule has 18 heavy (non-hydrogen) atoms. The number of aromatic amines is 1. The highest BCUT2D eigenvalue weighted by molar-refractivity contribution is 9.10. The molecule has 6 heteroatoms. The highest BCUT2D eigenvalue weighted by Crippen LogP contribution is 2.35. The molecule has 1 aromatic carbocycles.